The lowest BCUT2D eigenvalue weighted by molar-refractivity contribution is -0.316. The van der Waals surface area contributed by atoms with Crippen LogP contribution in [0.2, 0.25) is 0 Å². The fourth-order valence-electron chi connectivity index (χ4n) is 7.92. The third-order valence-corrected chi connectivity index (χ3v) is 11.7. The summed E-state index contributed by atoms with van der Waals surface area (Å²) < 4.78 is 55.3. The van der Waals surface area contributed by atoms with Gasteiger partial charge in [0.25, 0.3) is 0 Å². The molecule has 3 heterocycles. The molecule has 23 heteroatoms. The summed E-state index contributed by atoms with van der Waals surface area (Å²) in [6, 6.07) is 13.1. The average Bonchev–Trinajstić information content (AvgIpc) is 3.36. The number of rotatable bonds is 16. The molecule has 1 aromatic heterocycles. The van der Waals surface area contributed by atoms with Crippen LogP contribution in [0.3, 0.4) is 0 Å². The number of aliphatic hydroxyl groups excluding tert-OH is 6. The van der Waals surface area contributed by atoms with E-state index in [2.05, 4.69) is 0 Å². The molecule has 0 aliphatic carbocycles. The second-order valence-corrected chi connectivity index (χ2v) is 16.2. The predicted octanol–water partition coefficient (Wildman–Crippen LogP) is 1.54. The highest BCUT2D eigenvalue weighted by Gasteiger charge is 2.50. The first kappa shape index (κ1) is 52.4. The van der Waals surface area contributed by atoms with Gasteiger partial charge in [-0.2, -0.15) is 0 Å². The summed E-state index contributed by atoms with van der Waals surface area (Å²) >= 11 is 0. The number of carbonyl (C=O) groups is 2. The van der Waals surface area contributed by atoms with Crippen LogP contribution >= 0.6 is 0 Å². The molecule has 10 atom stereocenters. The van der Waals surface area contributed by atoms with Crippen molar-refractivity contribution in [2.75, 3.05) is 41.7 Å². The van der Waals surface area contributed by atoms with Crippen molar-refractivity contribution in [3.8, 4) is 63.1 Å². The molecular weight excluding hydrogens is 957 g/mol. The van der Waals surface area contributed by atoms with E-state index in [1.54, 1.807) is 0 Å². The van der Waals surface area contributed by atoms with Crippen molar-refractivity contribution in [1.29, 1.82) is 0 Å². The summed E-state index contributed by atoms with van der Waals surface area (Å²) in [5.74, 6) is -4.50. The molecule has 2 aliphatic rings. The van der Waals surface area contributed by atoms with Gasteiger partial charge in [0.05, 0.1) is 47.2 Å². The molecule has 2 aliphatic heterocycles. The molecule has 72 heavy (non-hydrogen) atoms. The summed E-state index contributed by atoms with van der Waals surface area (Å²) in [6.45, 7) is -1.70. The van der Waals surface area contributed by atoms with Crippen molar-refractivity contribution < 1.29 is 108 Å². The molecule has 10 N–H and O–H groups in total. The first-order chi connectivity index (χ1) is 34.4. The van der Waals surface area contributed by atoms with Gasteiger partial charge in [0.2, 0.25) is 11.5 Å². The lowest BCUT2D eigenvalue weighted by Gasteiger charge is -2.43. The number of esters is 2. The zero-order chi connectivity index (χ0) is 52.1. The molecule has 23 nitrogen and oxygen atoms in total. The van der Waals surface area contributed by atoms with Gasteiger partial charge < -0.3 is 98.1 Å². The van der Waals surface area contributed by atoms with Crippen LogP contribution in [0.5, 0.6) is 51.7 Å². The van der Waals surface area contributed by atoms with E-state index in [-0.39, 0.29) is 57.2 Å². The number of aliphatic hydroxyl groups is 6. The molecular formula is C49H50O23. The average molecular weight is 1010 g/mol. The Hall–Kier alpha value is -7.45. The molecule has 384 valence electrons. The van der Waals surface area contributed by atoms with E-state index in [1.807, 2.05) is 0 Å². The quantitative estimate of drug-likeness (QED) is 0.0381. The number of ether oxygens (including phenoxy) is 9. The Morgan fingerprint density at radius 3 is 1.71 bits per heavy atom. The number of phenolic OH excluding ortho intramolecular Hbond substituents is 4. The molecule has 2 saturated heterocycles. The minimum Gasteiger partial charge on any atom is -0.508 e. The Kier molecular flexibility index (Phi) is 16.2. The van der Waals surface area contributed by atoms with Gasteiger partial charge in [-0.1, -0.05) is 0 Å². The number of benzene rings is 4. The van der Waals surface area contributed by atoms with Crippen molar-refractivity contribution in [2.45, 2.75) is 61.2 Å². The van der Waals surface area contributed by atoms with Crippen molar-refractivity contribution in [3.05, 3.63) is 99.7 Å². The van der Waals surface area contributed by atoms with Crippen LogP contribution in [0.25, 0.3) is 34.4 Å². The number of phenols is 4. The summed E-state index contributed by atoms with van der Waals surface area (Å²) in [7, 11) is 5.17. The van der Waals surface area contributed by atoms with E-state index in [0.717, 1.165) is 24.3 Å². The van der Waals surface area contributed by atoms with Gasteiger partial charge in [0.1, 0.15) is 82.8 Å². The fourth-order valence-corrected chi connectivity index (χ4v) is 7.92. The van der Waals surface area contributed by atoms with Gasteiger partial charge in [0.15, 0.2) is 40.8 Å². The molecule has 5 aromatic rings. The summed E-state index contributed by atoms with van der Waals surface area (Å²) in [6.07, 6.45) is -14.5. The van der Waals surface area contributed by atoms with Gasteiger partial charge in [0, 0.05) is 29.8 Å². The smallest absolute Gasteiger partial charge is 0.336 e. The number of aromatic hydroxyl groups is 4. The zero-order valence-corrected chi connectivity index (χ0v) is 38.5. The Morgan fingerprint density at radius 2 is 1.17 bits per heavy atom. The summed E-state index contributed by atoms with van der Waals surface area (Å²) in [4.78, 5) is 40.5. The molecule has 0 amide bonds. The van der Waals surface area contributed by atoms with E-state index in [4.69, 9.17) is 47.0 Å². The maximum absolute atomic E-state index is 13.8. The Labute approximate surface area is 407 Å². The zero-order valence-electron chi connectivity index (χ0n) is 38.5. The molecule has 0 saturated carbocycles. The molecule has 4 aromatic carbocycles. The van der Waals surface area contributed by atoms with Crippen molar-refractivity contribution in [2.24, 2.45) is 0 Å². The molecule has 0 bridgehead atoms. The van der Waals surface area contributed by atoms with E-state index < -0.39 is 114 Å². The number of carbonyl (C=O) groups excluding carboxylic acids is 2. The Morgan fingerprint density at radius 1 is 0.625 bits per heavy atom. The van der Waals surface area contributed by atoms with Crippen LogP contribution in [0.1, 0.15) is 22.8 Å². The molecule has 0 radical (unpaired) electrons. The van der Waals surface area contributed by atoms with Crippen LogP contribution < -0.4 is 29.1 Å². The second kappa shape index (κ2) is 22.3. The third kappa shape index (κ3) is 10.9. The highest BCUT2D eigenvalue weighted by molar-refractivity contribution is 5.93. The number of methoxy groups -OCH3 is 4. The minimum atomic E-state index is -2.14. The van der Waals surface area contributed by atoms with Crippen molar-refractivity contribution >= 4 is 35.1 Å². The van der Waals surface area contributed by atoms with Gasteiger partial charge in [-0.3, -0.25) is 4.79 Å². The molecule has 7 rings (SSSR count). The number of hydrogen-bond donors (Lipinski definition) is 10. The van der Waals surface area contributed by atoms with Gasteiger partial charge >= 0.3 is 11.9 Å². The first-order valence-corrected chi connectivity index (χ1v) is 21.7. The van der Waals surface area contributed by atoms with Gasteiger partial charge in [-0.05, 0) is 71.8 Å². The lowest BCUT2D eigenvalue weighted by Crippen LogP contribution is -2.61. The predicted molar refractivity (Wildman–Crippen MR) is 247 cm³/mol. The van der Waals surface area contributed by atoms with Crippen LogP contribution in [0, 0.1) is 0 Å². The molecule has 0 spiro atoms. The monoisotopic (exact) mass is 1010 g/mol. The second-order valence-electron chi connectivity index (χ2n) is 16.2. The summed E-state index contributed by atoms with van der Waals surface area (Å²) in [5, 5.41) is 108. The highest BCUT2D eigenvalue weighted by atomic mass is 16.7. The van der Waals surface area contributed by atoms with Gasteiger partial charge in [-0.25, -0.2) is 9.59 Å². The third-order valence-electron chi connectivity index (χ3n) is 11.7. The number of fused-ring (bicyclic) bond motifs is 1. The van der Waals surface area contributed by atoms with Crippen LogP contribution in [0.15, 0.2) is 82.0 Å². The standard InChI is InChI=1S/C49H50O23/c1-63-29-13-21(14-30(64-2)39(29)55)5-11-35(53)69-28-18-27-37(25(52)17-26(68-27)23-7-9-24(51)10-8-23)43(59)38(28)47-46(62)44(60)42(58)34(70-47)20-67-49-48(45(61)41(57)33(19-50)71-49)72-36(54)12-6-22-15-31(65-3)40(56)32(16-22)66-4/h5-18,33-34,41-42,44-51,55-62H,19-20H2,1-4H3/b11-5+,12-6+/t33-,34?,41-,42-,44+,45+,46-,47+,48-,49-/m1/s1. The summed E-state index contributed by atoms with van der Waals surface area (Å²) in [5.41, 5.74) is -0.877. The number of hydrogen-bond acceptors (Lipinski definition) is 23. The maximum atomic E-state index is 13.8. The normalized spacial score (nSPS) is 24.3. The highest BCUT2D eigenvalue weighted by Crippen LogP contribution is 2.46. The van der Waals surface area contributed by atoms with Crippen LogP contribution in [-0.4, -0.2) is 160 Å². The topological polar surface area (TPSA) is 350 Å². The largest absolute Gasteiger partial charge is 0.508 e. The lowest BCUT2D eigenvalue weighted by atomic mass is 9.89. The van der Waals surface area contributed by atoms with E-state index >= 15 is 0 Å². The molecule has 1 unspecified atom stereocenters. The Bertz CT molecular complexity index is 2840. The maximum Gasteiger partial charge on any atom is 0.336 e. The van der Waals surface area contributed by atoms with E-state index in [1.165, 1.54) is 89.1 Å². The molecule has 2 fully saturated rings. The fraction of sp³-hybridized carbons (Fsp3) is 0.327. The van der Waals surface area contributed by atoms with E-state index in [0.29, 0.717) is 11.1 Å². The van der Waals surface area contributed by atoms with Crippen LogP contribution in [-0.2, 0) is 28.5 Å². The van der Waals surface area contributed by atoms with Gasteiger partial charge in [-0.15, -0.1) is 0 Å². The minimum absolute atomic E-state index is 0.00214. The van der Waals surface area contributed by atoms with E-state index in [9.17, 15) is 65.4 Å². The Balaban J connectivity index is 1.20. The SMILES string of the molecule is COc1cc(/C=C/C(=O)Oc2cc3oc(-c4ccc(O)cc4)cc(=O)c3c(O)c2[C@@H]2OC(CO[C@@H]3O[C@H](CO)[C@@H](O)[C@H](O)[C@H]3OC(=O)/C=C/c3cc(OC)c(O)c(OC)c3)[C@@H](O)[C@H](O)[C@H]2O)cc(OC)c1O. The first-order valence-electron chi connectivity index (χ1n) is 21.7. The van der Waals surface area contributed by atoms with Crippen molar-refractivity contribution in [1.82, 2.24) is 0 Å². The van der Waals surface area contributed by atoms with Crippen LogP contribution in [0.4, 0.5) is 0 Å². The van der Waals surface area contributed by atoms with Crippen molar-refractivity contribution in [3.63, 3.8) is 0 Å².